The lowest BCUT2D eigenvalue weighted by atomic mass is 9.97. The van der Waals surface area contributed by atoms with Crippen LogP contribution in [-0.4, -0.2) is 41.6 Å². The normalized spacial score (nSPS) is 31.8. The molecule has 4 N–H and O–H groups in total. The summed E-state index contributed by atoms with van der Waals surface area (Å²) in [6, 6.07) is 0. The van der Waals surface area contributed by atoms with Crippen LogP contribution in [0.15, 0.2) is 0 Å². The molecule has 0 radical (unpaired) electrons. The SMILES string of the molecule is CC1CN(CC(=N)N)CCC1O. The highest BCUT2D eigenvalue weighted by Crippen LogP contribution is 2.15. The molecule has 0 aliphatic carbocycles. The maximum absolute atomic E-state index is 9.42. The average molecular weight is 171 g/mol. The van der Waals surface area contributed by atoms with Gasteiger partial charge in [0.2, 0.25) is 0 Å². The second-order valence-corrected chi connectivity index (χ2v) is 3.59. The first-order valence-electron chi connectivity index (χ1n) is 4.33. The fourth-order valence-electron chi connectivity index (χ4n) is 1.60. The summed E-state index contributed by atoms with van der Waals surface area (Å²) >= 11 is 0. The van der Waals surface area contributed by atoms with Gasteiger partial charge in [0.1, 0.15) is 5.84 Å². The van der Waals surface area contributed by atoms with Crippen LogP contribution in [0.3, 0.4) is 0 Å². The highest BCUT2D eigenvalue weighted by molar-refractivity contribution is 5.78. The number of aliphatic hydroxyl groups is 1. The molecule has 12 heavy (non-hydrogen) atoms. The van der Waals surface area contributed by atoms with Crippen molar-refractivity contribution < 1.29 is 5.11 Å². The van der Waals surface area contributed by atoms with E-state index in [-0.39, 0.29) is 11.9 Å². The topological polar surface area (TPSA) is 73.3 Å². The van der Waals surface area contributed by atoms with E-state index in [1.165, 1.54) is 0 Å². The monoisotopic (exact) mass is 171 g/mol. The standard InChI is InChI=1S/C8H17N3O/c1-6-4-11(5-8(9)10)3-2-7(6)12/h6-7,12H,2-5H2,1H3,(H3,9,10). The van der Waals surface area contributed by atoms with Gasteiger partial charge in [0, 0.05) is 13.1 Å². The van der Waals surface area contributed by atoms with Crippen LogP contribution in [0.25, 0.3) is 0 Å². The van der Waals surface area contributed by atoms with E-state index in [1.54, 1.807) is 0 Å². The molecule has 2 unspecified atom stereocenters. The predicted octanol–water partition coefficient (Wildman–Crippen LogP) is -0.375. The van der Waals surface area contributed by atoms with Crippen LogP contribution in [0.2, 0.25) is 0 Å². The van der Waals surface area contributed by atoms with Crippen molar-refractivity contribution in [2.45, 2.75) is 19.4 Å². The largest absolute Gasteiger partial charge is 0.393 e. The Morgan fingerprint density at radius 3 is 2.92 bits per heavy atom. The fraction of sp³-hybridized carbons (Fsp3) is 0.875. The highest BCUT2D eigenvalue weighted by Gasteiger charge is 2.23. The molecular weight excluding hydrogens is 154 g/mol. The van der Waals surface area contributed by atoms with Crippen LogP contribution in [0, 0.1) is 11.3 Å². The zero-order valence-electron chi connectivity index (χ0n) is 7.45. The van der Waals surface area contributed by atoms with E-state index in [9.17, 15) is 5.11 Å². The second kappa shape index (κ2) is 3.87. The molecule has 1 heterocycles. The van der Waals surface area contributed by atoms with Gasteiger partial charge in [-0.2, -0.15) is 0 Å². The van der Waals surface area contributed by atoms with E-state index in [1.807, 2.05) is 6.92 Å². The van der Waals surface area contributed by atoms with E-state index in [0.29, 0.717) is 12.5 Å². The third-order valence-electron chi connectivity index (χ3n) is 2.34. The van der Waals surface area contributed by atoms with Crippen molar-refractivity contribution in [1.82, 2.24) is 4.90 Å². The van der Waals surface area contributed by atoms with Crippen LogP contribution in [-0.2, 0) is 0 Å². The van der Waals surface area contributed by atoms with Gasteiger partial charge in [-0.15, -0.1) is 0 Å². The number of aliphatic hydroxyl groups excluding tert-OH is 1. The summed E-state index contributed by atoms with van der Waals surface area (Å²) in [4.78, 5) is 2.11. The molecule has 70 valence electrons. The molecule has 0 amide bonds. The molecule has 1 aliphatic rings. The van der Waals surface area contributed by atoms with Crippen LogP contribution in [0.4, 0.5) is 0 Å². The van der Waals surface area contributed by atoms with Crippen LogP contribution in [0.1, 0.15) is 13.3 Å². The molecule has 1 saturated heterocycles. The lowest BCUT2D eigenvalue weighted by Gasteiger charge is -2.33. The molecular formula is C8H17N3O. The third-order valence-corrected chi connectivity index (χ3v) is 2.34. The van der Waals surface area contributed by atoms with Gasteiger partial charge in [0.25, 0.3) is 0 Å². The first kappa shape index (κ1) is 9.48. The lowest BCUT2D eigenvalue weighted by Crippen LogP contribution is -2.45. The quantitative estimate of drug-likeness (QED) is 0.392. The van der Waals surface area contributed by atoms with Gasteiger partial charge in [0.05, 0.1) is 12.6 Å². The van der Waals surface area contributed by atoms with Crippen molar-refractivity contribution in [3.63, 3.8) is 0 Å². The van der Waals surface area contributed by atoms with Crippen molar-refractivity contribution in [3.05, 3.63) is 0 Å². The number of amidine groups is 1. The van der Waals surface area contributed by atoms with E-state index in [0.717, 1.165) is 19.5 Å². The maximum Gasteiger partial charge on any atom is 0.105 e. The summed E-state index contributed by atoms with van der Waals surface area (Å²) < 4.78 is 0. The summed E-state index contributed by atoms with van der Waals surface area (Å²) in [6.07, 6.45) is 0.627. The Labute approximate surface area is 72.9 Å². The Balaban J connectivity index is 2.35. The Morgan fingerprint density at radius 1 is 1.75 bits per heavy atom. The summed E-state index contributed by atoms with van der Waals surface area (Å²) in [5, 5.41) is 16.5. The molecule has 0 aromatic rings. The third kappa shape index (κ3) is 2.46. The van der Waals surface area contributed by atoms with Crippen LogP contribution < -0.4 is 5.73 Å². The van der Waals surface area contributed by atoms with Crippen molar-refractivity contribution in [3.8, 4) is 0 Å². The molecule has 0 spiro atoms. The Hall–Kier alpha value is -0.610. The summed E-state index contributed by atoms with van der Waals surface area (Å²) in [7, 11) is 0. The summed E-state index contributed by atoms with van der Waals surface area (Å²) in [5.41, 5.74) is 5.28. The molecule has 0 bridgehead atoms. The number of nitrogens with one attached hydrogen (secondary N) is 1. The minimum absolute atomic E-state index is 0.173. The molecule has 4 heteroatoms. The lowest BCUT2D eigenvalue weighted by molar-refractivity contribution is 0.0410. The van der Waals surface area contributed by atoms with E-state index in [4.69, 9.17) is 11.1 Å². The molecule has 0 saturated carbocycles. The number of nitrogens with zero attached hydrogens (tertiary/aromatic N) is 1. The Kier molecular flexibility index (Phi) is 3.05. The highest BCUT2D eigenvalue weighted by atomic mass is 16.3. The molecule has 0 aromatic carbocycles. The molecule has 1 fully saturated rings. The van der Waals surface area contributed by atoms with Gasteiger partial charge >= 0.3 is 0 Å². The molecule has 1 aliphatic heterocycles. The van der Waals surface area contributed by atoms with E-state index < -0.39 is 0 Å². The predicted molar refractivity (Wildman–Crippen MR) is 48.1 cm³/mol. The smallest absolute Gasteiger partial charge is 0.105 e. The zero-order valence-corrected chi connectivity index (χ0v) is 7.45. The number of likely N-dealkylation sites (tertiary alicyclic amines) is 1. The molecule has 0 aromatic heterocycles. The van der Waals surface area contributed by atoms with Crippen LogP contribution >= 0.6 is 0 Å². The van der Waals surface area contributed by atoms with Crippen molar-refractivity contribution in [2.75, 3.05) is 19.6 Å². The van der Waals surface area contributed by atoms with Crippen molar-refractivity contribution in [2.24, 2.45) is 11.7 Å². The minimum atomic E-state index is -0.173. The number of piperidine rings is 1. The van der Waals surface area contributed by atoms with E-state index >= 15 is 0 Å². The average Bonchev–Trinajstić information content (AvgIpc) is 1.96. The Bertz CT molecular complexity index is 172. The number of nitrogens with two attached hydrogens (primary N) is 1. The first-order valence-corrected chi connectivity index (χ1v) is 4.33. The van der Waals surface area contributed by atoms with E-state index in [2.05, 4.69) is 4.90 Å². The Morgan fingerprint density at radius 2 is 2.42 bits per heavy atom. The fourth-order valence-corrected chi connectivity index (χ4v) is 1.60. The minimum Gasteiger partial charge on any atom is -0.393 e. The number of hydrogen-bond acceptors (Lipinski definition) is 3. The van der Waals surface area contributed by atoms with Gasteiger partial charge in [0.15, 0.2) is 0 Å². The van der Waals surface area contributed by atoms with Gasteiger partial charge < -0.3 is 10.8 Å². The molecule has 2 atom stereocenters. The van der Waals surface area contributed by atoms with Gasteiger partial charge in [-0.3, -0.25) is 10.3 Å². The second-order valence-electron chi connectivity index (χ2n) is 3.59. The molecule has 4 nitrogen and oxygen atoms in total. The van der Waals surface area contributed by atoms with Crippen LogP contribution in [0.5, 0.6) is 0 Å². The van der Waals surface area contributed by atoms with Gasteiger partial charge in [-0.05, 0) is 12.3 Å². The number of rotatable bonds is 2. The number of hydrogen-bond donors (Lipinski definition) is 3. The summed E-state index contributed by atoms with van der Waals surface area (Å²) in [5.74, 6) is 0.511. The van der Waals surface area contributed by atoms with Gasteiger partial charge in [-0.1, -0.05) is 6.92 Å². The summed E-state index contributed by atoms with van der Waals surface area (Å²) in [6.45, 7) is 4.26. The molecule has 1 rings (SSSR count). The zero-order chi connectivity index (χ0) is 9.14. The van der Waals surface area contributed by atoms with Gasteiger partial charge in [-0.25, -0.2) is 0 Å². The first-order chi connectivity index (χ1) is 5.59. The van der Waals surface area contributed by atoms with Crippen molar-refractivity contribution >= 4 is 5.84 Å². The van der Waals surface area contributed by atoms with Crippen molar-refractivity contribution in [1.29, 1.82) is 5.41 Å². The maximum atomic E-state index is 9.42.